The molecule has 0 amide bonds. The zero-order chi connectivity index (χ0) is 14.6. The molecule has 0 fully saturated rings. The third-order valence-electron chi connectivity index (χ3n) is 2.78. The SMILES string of the molecule is COC(=O)C(C)CC(O)c1cccc(C(F)(F)F)c1. The minimum atomic E-state index is -4.45. The highest BCUT2D eigenvalue weighted by atomic mass is 19.4. The van der Waals surface area contributed by atoms with Crippen LogP contribution in [-0.4, -0.2) is 18.2 Å². The Bertz CT molecular complexity index is 443. The summed E-state index contributed by atoms with van der Waals surface area (Å²) in [7, 11) is 1.22. The molecule has 2 unspecified atom stereocenters. The molecule has 1 aromatic carbocycles. The highest BCUT2D eigenvalue weighted by molar-refractivity contribution is 5.71. The van der Waals surface area contributed by atoms with Gasteiger partial charge in [0, 0.05) is 0 Å². The second-order valence-corrected chi connectivity index (χ2v) is 4.30. The van der Waals surface area contributed by atoms with E-state index in [1.165, 1.54) is 19.2 Å². The summed E-state index contributed by atoms with van der Waals surface area (Å²) in [5.41, 5.74) is -0.694. The van der Waals surface area contributed by atoms with Crippen LogP contribution in [0.15, 0.2) is 24.3 Å². The number of benzene rings is 1. The largest absolute Gasteiger partial charge is 0.469 e. The third-order valence-corrected chi connectivity index (χ3v) is 2.78. The molecular weight excluding hydrogens is 261 g/mol. The smallest absolute Gasteiger partial charge is 0.416 e. The van der Waals surface area contributed by atoms with Crippen molar-refractivity contribution in [3.63, 3.8) is 0 Å². The van der Waals surface area contributed by atoms with Gasteiger partial charge < -0.3 is 9.84 Å². The van der Waals surface area contributed by atoms with Crippen molar-refractivity contribution in [1.82, 2.24) is 0 Å². The van der Waals surface area contributed by atoms with E-state index in [9.17, 15) is 23.1 Å². The molecule has 1 aromatic rings. The van der Waals surface area contributed by atoms with Crippen LogP contribution in [0.2, 0.25) is 0 Å². The predicted molar refractivity (Wildman–Crippen MR) is 62.2 cm³/mol. The first kappa shape index (κ1) is 15.5. The van der Waals surface area contributed by atoms with E-state index in [-0.39, 0.29) is 12.0 Å². The summed E-state index contributed by atoms with van der Waals surface area (Å²) in [5, 5.41) is 9.85. The number of carbonyl (C=O) groups excluding carboxylic acids is 1. The summed E-state index contributed by atoms with van der Waals surface area (Å²) in [6, 6.07) is 4.43. The maximum absolute atomic E-state index is 12.5. The predicted octanol–water partition coefficient (Wildman–Crippen LogP) is 2.94. The lowest BCUT2D eigenvalue weighted by Gasteiger charge is -2.16. The summed E-state index contributed by atoms with van der Waals surface area (Å²) in [4.78, 5) is 11.2. The van der Waals surface area contributed by atoms with Gasteiger partial charge in [0.1, 0.15) is 0 Å². The van der Waals surface area contributed by atoms with Crippen molar-refractivity contribution in [2.24, 2.45) is 5.92 Å². The molecule has 6 heteroatoms. The van der Waals surface area contributed by atoms with E-state index in [0.717, 1.165) is 12.1 Å². The number of halogens is 3. The molecule has 0 heterocycles. The van der Waals surface area contributed by atoms with Crippen LogP contribution in [0.5, 0.6) is 0 Å². The van der Waals surface area contributed by atoms with Crippen LogP contribution in [-0.2, 0) is 15.7 Å². The third kappa shape index (κ3) is 4.24. The second kappa shape index (κ2) is 6.06. The van der Waals surface area contributed by atoms with E-state index in [1.54, 1.807) is 6.92 Å². The number of rotatable bonds is 4. The Balaban J connectivity index is 2.83. The Kier molecular flexibility index (Phi) is 4.94. The van der Waals surface area contributed by atoms with E-state index in [0.29, 0.717) is 0 Å². The summed E-state index contributed by atoms with van der Waals surface area (Å²) in [6.07, 6.45) is -5.59. The molecular formula is C13H15F3O3. The Labute approximate surface area is 109 Å². The average Bonchev–Trinajstić information content (AvgIpc) is 2.36. The van der Waals surface area contributed by atoms with Crippen LogP contribution in [0.1, 0.15) is 30.6 Å². The van der Waals surface area contributed by atoms with Crippen molar-refractivity contribution in [2.75, 3.05) is 7.11 Å². The van der Waals surface area contributed by atoms with Crippen LogP contribution in [0.4, 0.5) is 13.2 Å². The lowest BCUT2D eigenvalue weighted by molar-refractivity contribution is -0.146. The number of carbonyl (C=O) groups is 1. The van der Waals surface area contributed by atoms with Crippen LogP contribution in [0.3, 0.4) is 0 Å². The van der Waals surface area contributed by atoms with Gasteiger partial charge in [-0.25, -0.2) is 0 Å². The summed E-state index contributed by atoms with van der Waals surface area (Å²) >= 11 is 0. The first-order valence-corrected chi connectivity index (χ1v) is 5.68. The maximum atomic E-state index is 12.5. The summed E-state index contributed by atoms with van der Waals surface area (Å²) in [6.45, 7) is 1.54. The first-order chi connectivity index (χ1) is 8.75. The van der Waals surface area contributed by atoms with Crippen molar-refractivity contribution in [1.29, 1.82) is 0 Å². The average molecular weight is 276 g/mol. The lowest BCUT2D eigenvalue weighted by Crippen LogP contribution is -2.16. The molecule has 0 bridgehead atoms. The van der Waals surface area contributed by atoms with Gasteiger partial charge in [-0.1, -0.05) is 19.1 Å². The van der Waals surface area contributed by atoms with Gasteiger partial charge in [0.05, 0.1) is 24.7 Å². The topological polar surface area (TPSA) is 46.5 Å². The summed E-state index contributed by atoms with van der Waals surface area (Å²) < 4.78 is 42.1. The molecule has 106 valence electrons. The van der Waals surface area contributed by atoms with Crippen molar-refractivity contribution in [2.45, 2.75) is 25.6 Å². The highest BCUT2D eigenvalue weighted by Gasteiger charge is 2.31. The number of hydrogen-bond acceptors (Lipinski definition) is 3. The van der Waals surface area contributed by atoms with E-state index >= 15 is 0 Å². The van der Waals surface area contributed by atoms with Gasteiger partial charge >= 0.3 is 12.1 Å². The zero-order valence-electron chi connectivity index (χ0n) is 10.6. The van der Waals surface area contributed by atoms with Crippen molar-refractivity contribution in [3.8, 4) is 0 Å². The highest BCUT2D eigenvalue weighted by Crippen LogP contribution is 2.31. The molecule has 0 spiro atoms. The minimum absolute atomic E-state index is 0.00792. The molecule has 1 N–H and O–H groups in total. The maximum Gasteiger partial charge on any atom is 0.416 e. The number of aliphatic hydroxyl groups is 1. The van der Waals surface area contributed by atoms with Gasteiger partial charge in [0.15, 0.2) is 0 Å². The molecule has 0 radical (unpaired) electrons. The molecule has 0 saturated carbocycles. The molecule has 3 nitrogen and oxygen atoms in total. The number of aliphatic hydroxyl groups excluding tert-OH is 1. The van der Waals surface area contributed by atoms with Crippen LogP contribution in [0, 0.1) is 5.92 Å². The number of methoxy groups -OCH3 is 1. The van der Waals surface area contributed by atoms with E-state index in [1.807, 2.05) is 0 Å². The number of esters is 1. The van der Waals surface area contributed by atoms with Crippen LogP contribution < -0.4 is 0 Å². The van der Waals surface area contributed by atoms with E-state index in [2.05, 4.69) is 4.74 Å². The quantitative estimate of drug-likeness (QED) is 0.860. The molecule has 0 saturated heterocycles. The normalized spacial score (nSPS) is 14.8. The fraction of sp³-hybridized carbons (Fsp3) is 0.462. The van der Waals surface area contributed by atoms with Gasteiger partial charge in [-0.2, -0.15) is 13.2 Å². The molecule has 0 aliphatic rings. The Morgan fingerprint density at radius 1 is 1.42 bits per heavy atom. The Hall–Kier alpha value is -1.56. The summed E-state index contributed by atoms with van der Waals surface area (Å²) in [5.74, 6) is -1.10. The molecule has 2 atom stereocenters. The fourth-order valence-corrected chi connectivity index (χ4v) is 1.69. The van der Waals surface area contributed by atoms with E-state index < -0.39 is 29.7 Å². The monoisotopic (exact) mass is 276 g/mol. The molecule has 1 rings (SSSR count). The molecule has 0 aliphatic heterocycles. The van der Waals surface area contributed by atoms with Crippen LogP contribution in [0.25, 0.3) is 0 Å². The standard InChI is InChI=1S/C13H15F3O3/c1-8(12(18)19-2)6-11(17)9-4-3-5-10(7-9)13(14,15)16/h3-5,7-8,11,17H,6H2,1-2H3. The lowest BCUT2D eigenvalue weighted by atomic mass is 9.97. The molecule has 0 aliphatic carbocycles. The minimum Gasteiger partial charge on any atom is -0.469 e. The molecule has 19 heavy (non-hydrogen) atoms. The zero-order valence-corrected chi connectivity index (χ0v) is 10.6. The van der Waals surface area contributed by atoms with Crippen molar-refractivity contribution in [3.05, 3.63) is 35.4 Å². The van der Waals surface area contributed by atoms with Crippen molar-refractivity contribution >= 4 is 5.97 Å². The molecule has 0 aromatic heterocycles. The van der Waals surface area contributed by atoms with Crippen molar-refractivity contribution < 1.29 is 27.8 Å². The van der Waals surface area contributed by atoms with Crippen LogP contribution >= 0.6 is 0 Å². The van der Waals surface area contributed by atoms with E-state index in [4.69, 9.17) is 0 Å². The number of hydrogen-bond donors (Lipinski definition) is 1. The number of ether oxygens (including phenoxy) is 1. The second-order valence-electron chi connectivity index (χ2n) is 4.30. The fourth-order valence-electron chi connectivity index (χ4n) is 1.69. The van der Waals surface area contributed by atoms with Gasteiger partial charge in [0.25, 0.3) is 0 Å². The van der Waals surface area contributed by atoms with Gasteiger partial charge in [-0.05, 0) is 24.1 Å². The number of alkyl halides is 3. The first-order valence-electron chi connectivity index (χ1n) is 5.68. The van der Waals surface area contributed by atoms with Gasteiger partial charge in [-0.15, -0.1) is 0 Å². The van der Waals surface area contributed by atoms with Gasteiger partial charge in [0.2, 0.25) is 0 Å². The Morgan fingerprint density at radius 2 is 2.05 bits per heavy atom. The Morgan fingerprint density at radius 3 is 2.58 bits per heavy atom. The van der Waals surface area contributed by atoms with Gasteiger partial charge in [-0.3, -0.25) is 4.79 Å².